The molecule has 1 unspecified atom stereocenters. The van der Waals surface area contributed by atoms with Crippen molar-refractivity contribution in [3.8, 4) is 0 Å². The van der Waals surface area contributed by atoms with E-state index in [9.17, 15) is 4.79 Å². The van der Waals surface area contributed by atoms with E-state index in [1.165, 1.54) is 0 Å². The summed E-state index contributed by atoms with van der Waals surface area (Å²) in [5.74, 6) is -0.365. The number of carboxylic acids is 1. The number of carbonyl (C=O) groups is 1. The van der Waals surface area contributed by atoms with E-state index in [0.717, 1.165) is 12.8 Å². The fourth-order valence-electron chi connectivity index (χ4n) is 1.40. The van der Waals surface area contributed by atoms with Gasteiger partial charge in [0.05, 0.1) is 0 Å². The molecule has 0 amide bonds. The first-order valence-electron chi connectivity index (χ1n) is 3.94. The molecule has 1 atom stereocenters. The zero-order valence-electron chi connectivity index (χ0n) is 7.00. The van der Waals surface area contributed by atoms with Crippen LogP contribution in [0.15, 0.2) is 0 Å². The molecule has 0 bridgehead atoms. The van der Waals surface area contributed by atoms with Gasteiger partial charge < -0.3 is 10.8 Å². The molecule has 0 aliphatic heterocycles. The quantitative estimate of drug-likeness (QED) is 0.638. The van der Waals surface area contributed by atoms with Crippen LogP contribution in [0, 0.1) is 11.3 Å². The molecule has 1 aliphatic carbocycles. The number of rotatable bonds is 3. The maximum atomic E-state index is 10.6. The van der Waals surface area contributed by atoms with Gasteiger partial charge >= 0.3 is 5.97 Å². The molecule has 3 nitrogen and oxygen atoms in total. The third kappa shape index (κ3) is 1.53. The Hall–Kier alpha value is -0.570. The van der Waals surface area contributed by atoms with Crippen molar-refractivity contribution < 1.29 is 9.90 Å². The van der Waals surface area contributed by atoms with E-state index in [0.29, 0.717) is 5.92 Å². The first-order chi connectivity index (χ1) is 4.96. The largest absolute Gasteiger partial charge is 0.480 e. The summed E-state index contributed by atoms with van der Waals surface area (Å²) in [6.07, 6.45) is 2.27. The highest BCUT2D eigenvalue weighted by atomic mass is 16.4. The standard InChI is InChI=1S/C8H15NO2/c1-8(2,5-3-4-5)6(9)7(10)11/h5-6H,3-4,9H2,1-2H3,(H,10,11). The Bertz CT molecular complexity index is 173. The van der Waals surface area contributed by atoms with Gasteiger partial charge in [0.15, 0.2) is 0 Å². The average molecular weight is 157 g/mol. The van der Waals surface area contributed by atoms with Gasteiger partial charge in [-0.15, -0.1) is 0 Å². The predicted octanol–water partition coefficient (Wildman–Crippen LogP) is 0.834. The van der Waals surface area contributed by atoms with Gasteiger partial charge in [0, 0.05) is 0 Å². The van der Waals surface area contributed by atoms with Crippen molar-refractivity contribution in [1.29, 1.82) is 0 Å². The average Bonchev–Trinajstić information content (AvgIpc) is 2.66. The highest BCUT2D eigenvalue weighted by Crippen LogP contribution is 2.46. The predicted molar refractivity (Wildman–Crippen MR) is 42.1 cm³/mol. The summed E-state index contributed by atoms with van der Waals surface area (Å²) in [6, 6.07) is -0.713. The lowest BCUT2D eigenvalue weighted by molar-refractivity contribution is -0.141. The molecule has 0 spiro atoms. The Labute approximate surface area is 66.6 Å². The topological polar surface area (TPSA) is 63.3 Å². The summed E-state index contributed by atoms with van der Waals surface area (Å²) < 4.78 is 0. The molecule has 1 rings (SSSR count). The molecule has 1 aliphatic rings. The Morgan fingerprint density at radius 1 is 1.64 bits per heavy atom. The summed E-state index contributed by atoms with van der Waals surface area (Å²) in [4.78, 5) is 10.6. The fourth-order valence-corrected chi connectivity index (χ4v) is 1.40. The Morgan fingerprint density at radius 3 is 2.36 bits per heavy atom. The molecule has 0 aromatic heterocycles. The van der Waals surface area contributed by atoms with Gasteiger partial charge in [-0.2, -0.15) is 0 Å². The van der Waals surface area contributed by atoms with Crippen molar-refractivity contribution >= 4 is 5.97 Å². The van der Waals surface area contributed by atoms with Crippen LogP contribution in [0.2, 0.25) is 0 Å². The van der Waals surface area contributed by atoms with Crippen molar-refractivity contribution in [2.24, 2.45) is 17.1 Å². The van der Waals surface area contributed by atoms with E-state index in [1.54, 1.807) is 0 Å². The summed E-state index contributed by atoms with van der Waals surface area (Å²) in [6.45, 7) is 3.87. The lowest BCUT2D eigenvalue weighted by Gasteiger charge is -2.28. The van der Waals surface area contributed by atoms with Gasteiger partial charge in [-0.1, -0.05) is 13.8 Å². The van der Waals surface area contributed by atoms with Crippen molar-refractivity contribution in [1.82, 2.24) is 0 Å². The number of hydrogen-bond acceptors (Lipinski definition) is 2. The monoisotopic (exact) mass is 157 g/mol. The van der Waals surface area contributed by atoms with Gasteiger partial charge in [-0.25, -0.2) is 0 Å². The molecule has 0 heterocycles. The van der Waals surface area contributed by atoms with Crippen LogP contribution >= 0.6 is 0 Å². The van der Waals surface area contributed by atoms with Gasteiger partial charge in [0.25, 0.3) is 0 Å². The van der Waals surface area contributed by atoms with Crippen LogP contribution in [0.25, 0.3) is 0 Å². The number of nitrogens with two attached hydrogens (primary N) is 1. The third-order valence-corrected chi connectivity index (χ3v) is 2.70. The molecule has 1 saturated carbocycles. The van der Waals surface area contributed by atoms with Crippen molar-refractivity contribution in [2.45, 2.75) is 32.7 Å². The second-order valence-electron chi connectivity index (χ2n) is 3.91. The van der Waals surface area contributed by atoms with Gasteiger partial charge in [0.1, 0.15) is 6.04 Å². The van der Waals surface area contributed by atoms with E-state index in [-0.39, 0.29) is 5.41 Å². The van der Waals surface area contributed by atoms with E-state index in [4.69, 9.17) is 10.8 Å². The molecular weight excluding hydrogens is 142 g/mol. The Kier molecular flexibility index (Phi) is 1.92. The van der Waals surface area contributed by atoms with E-state index < -0.39 is 12.0 Å². The summed E-state index contributed by atoms with van der Waals surface area (Å²) in [5, 5.41) is 8.67. The van der Waals surface area contributed by atoms with Gasteiger partial charge in [-0.05, 0) is 24.2 Å². The zero-order valence-corrected chi connectivity index (χ0v) is 7.00. The molecule has 1 fully saturated rings. The smallest absolute Gasteiger partial charge is 0.321 e. The van der Waals surface area contributed by atoms with Crippen LogP contribution in [-0.2, 0) is 4.79 Å². The van der Waals surface area contributed by atoms with Crippen molar-refractivity contribution in [3.05, 3.63) is 0 Å². The molecule has 64 valence electrons. The van der Waals surface area contributed by atoms with Crippen LogP contribution < -0.4 is 5.73 Å². The highest BCUT2D eigenvalue weighted by Gasteiger charge is 2.44. The first kappa shape index (κ1) is 8.53. The molecule has 0 saturated heterocycles. The van der Waals surface area contributed by atoms with Crippen molar-refractivity contribution in [3.63, 3.8) is 0 Å². The van der Waals surface area contributed by atoms with Gasteiger partial charge in [0.2, 0.25) is 0 Å². The highest BCUT2D eigenvalue weighted by molar-refractivity contribution is 5.74. The number of carboxylic acid groups (broad SMARTS) is 1. The Morgan fingerprint density at radius 2 is 2.09 bits per heavy atom. The first-order valence-corrected chi connectivity index (χ1v) is 3.94. The minimum atomic E-state index is -0.887. The zero-order chi connectivity index (χ0) is 8.65. The molecule has 3 N–H and O–H groups in total. The minimum absolute atomic E-state index is 0.230. The molecule has 11 heavy (non-hydrogen) atoms. The molecule has 3 heteroatoms. The molecule has 0 radical (unpaired) electrons. The summed E-state index contributed by atoms with van der Waals surface area (Å²) in [5.41, 5.74) is 5.31. The number of aliphatic carboxylic acids is 1. The fraction of sp³-hybridized carbons (Fsp3) is 0.875. The van der Waals surface area contributed by atoms with Crippen molar-refractivity contribution in [2.75, 3.05) is 0 Å². The normalized spacial score (nSPS) is 21.4. The lowest BCUT2D eigenvalue weighted by Crippen LogP contribution is -2.45. The maximum absolute atomic E-state index is 10.6. The second-order valence-corrected chi connectivity index (χ2v) is 3.91. The van der Waals surface area contributed by atoms with Crippen LogP contribution in [0.5, 0.6) is 0 Å². The third-order valence-electron chi connectivity index (χ3n) is 2.70. The lowest BCUT2D eigenvalue weighted by atomic mass is 9.80. The van der Waals surface area contributed by atoms with E-state index in [2.05, 4.69) is 0 Å². The maximum Gasteiger partial charge on any atom is 0.321 e. The van der Waals surface area contributed by atoms with Crippen LogP contribution in [0.1, 0.15) is 26.7 Å². The van der Waals surface area contributed by atoms with Crippen LogP contribution in [-0.4, -0.2) is 17.1 Å². The SMILES string of the molecule is CC(C)(C1CC1)C(N)C(=O)O. The van der Waals surface area contributed by atoms with Crippen LogP contribution in [0.3, 0.4) is 0 Å². The molecule has 0 aromatic carbocycles. The van der Waals surface area contributed by atoms with E-state index >= 15 is 0 Å². The Balaban J connectivity index is 2.61. The van der Waals surface area contributed by atoms with E-state index in [1.807, 2.05) is 13.8 Å². The second kappa shape index (κ2) is 2.48. The van der Waals surface area contributed by atoms with Crippen LogP contribution in [0.4, 0.5) is 0 Å². The molecular formula is C8H15NO2. The summed E-state index contributed by atoms with van der Waals surface area (Å²) in [7, 11) is 0. The summed E-state index contributed by atoms with van der Waals surface area (Å²) >= 11 is 0. The van der Waals surface area contributed by atoms with Gasteiger partial charge in [-0.3, -0.25) is 4.79 Å². The minimum Gasteiger partial charge on any atom is -0.480 e. The number of hydrogen-bond donors (Lipinski definition) is 2. The molecule has 0 aromatic rings.